The van der Waals surface area contributed by atoms with E-state index in [0.717, 1.165) is 25.7 Å². The first-order chi connectivity index (χ1) is 11.1. The second-order valence-electron chi connectivity index (χ2n) is 5.98. The normalized spacial score (nSPS) is 23.8. The van der Waals surface area contributed by atoms with Gasteiger partial charge in [0, 0.05) is 6.54 Å². The quantitative estimate of drug-likeness (QED) is 0.458. The number of imide groups is 1. The van der Waals surface area contributed by atoms with Gasteiger partial charge in [-0.25, -0.2) is 0 Å². The number of para-hydroxylation sites is 1. The third kappa shape index (κ3) is 3.32. The Morgan fingerprint density at radius 2 is 1.74 bits per heavy atom. The number of benzene rings is 1. The number of rotatable bonds is 4. The summed E-state index contributed by atoms with van der Waals surface area (Å²) in [5.41, 5.74) is 0. The van der Waals surface area contributed by atoms with Crippen molar-refractivity contribution in [3.8, 4) is 5.75 Å². The highest BCUT2D eigenvalue weighted by atomic mass is 79.9. The van der Waals surface area contributed by atoms with Crippen molar-refractivity contribution >= 4 is 33.7 Å². The molecule has 0 aromatic heterocycles. The number of nitrogens with zero attached hydrogens (tertiary/aromatic N) is 1. The number of carbonyl (C=O) groups excluding carboxylic acids is 3. The highest BCUT2D eigenvalue weighted by molar-refractivity contribution is 9.10. The first kappa shape index (κ1) is 16.2. The topological polar surface area (TPSA) is 63.7 Å². The van der Waals surface area contributed by atoms with Crippen molar-refractivity contribution in [3.63, 3.8) is 0 Å². The number of amides is 2. The largest absolute Gasteiger partial charge is 0.425 e. The Morgan fingerprint density at radius 1 is 1.13 bits per heavy atom. The average molecular weight is 380 g/mol. The van der Waals surface area contributed by atoms with Crippen molar-refractivity contribution in [2.45, 2.75) is 32.1 Å². The molecule has 1 aliphatic carbocycles. The summed E-state index contributed by atoms with van der Waals surface area (Å²) in [7, 11) is 0. The second kappa shape index (κ2) is 6.83. The molecule has 0 radical (unpaired) electrons. The van der Waals surface area contributed by atoms with Gasteiger partial charge in [-0.3, -0.25) is 19.3 Å². The summed E-state index contributed by atoms with van der Waals surface area (Å²) in [6.07, 6.45) is 3.58. The molecule has 122 valence electrons. The molecule has 1 aromatic carbocycles. The van der Waals surface area contributed by atoms with E-state index in [2.05, 4.69) is 15.9 Å². The van der Waals surface area contributed by atoms with E-state index in [1.165, 1.54) is 4.90 Å². The van der Waals surface area contributed by atoms with Crippen LogP contribution in [-0.4, -0.2) is 29.2 Å². The van der Waals surface area contributed by atoms with Gasteiger partial charge in [-0.05, 0) is 40.9 Å². The van der Waals surface area contributed by atoms with Crippen LogP contribution in [0.4, 0.5) is 0 Å². The Bertz CT molecular complexity index is 621. The highest BCUT2D eigenvalue weighted by Crippen LogP contribution is 2.38. The van der Waals surface area contributed by atoms with Crippen LogP contribution in [0.1, 0.15) is 32.1 Å². The van der Waals surface area contributed by atoms with Crippen molar-refractivity contribution in [2.24, 2.45) is 11.8 Å². The van der Waals surface area contributed by atoms with Gasteiger partial charge in [0.1, 0.15) is 5.75 Å². The minimum absolute atomic E-state index is 0.0122. The number of hydrogen-bond donors (Lipinski definition) is 0. The molecule has 0 N–H and O–H groups in total. The smallest absolute Gasteiger partial charge is 0.313 e. The molecule has 6 heteroatoms. The maximum Gasteiger partial charge on any atom is 0.313 e. The van der Waals surface area contributed by atoms with Gasteiger partial charge in [-0.1, -0.05) is 25.0 Å². The van der Waals surface area contributed by atoms with E-state index < -0.39 is 5.97 Å². The molecule has 1 aromatic rings. The minimum atomic E-state index is -0.452. The minimum Gasteiger partial charge on any atom is -0.425 e. The fourth-order valence-electron chi connectivity index (χ4n) is 3.36. The molecular weight excluding hydrogens is 362 g/mol. The Labute approximate surface area is 143 Å². The van der Waals surface area contributed by atoms with E-state index in [-0.39, 0.29) is 36.6 Å². The Hall–Kier alpha value is -1.69. The Kier molecular flexibility index (Phi) is 4.80. The van der Waals surface area contributed by atoms with Gasteiger partial charge in [0.15, 0.2) is 0 Å². The lowest BCUT2D eigenvalue weighted by molar-refractivity contribution is -0.141. The predicted molar refractivity (Wildman–Crippen MR) is 86.6 cm³/mol. The van der Waals surface area contributed by atoms with Crippen molar-refractivity contribution in [1.29, 1.82) is 0 Å². The molecule has 5 nitrogen and oxygen atoms in total. The Balaban J connectivity index is 1.58. The molecule has 2 amide bonds. The van der Waals surface area contributed by atoms with Gasteiger partial charge in [-0.15, -0.1) is 0 Å². The van der Waals surface area contributed by atoms with Crippen LogP contribution in [0.25, 0.3) is 0 Å². The van der Waals surface area contributed by atoms with E-state index in [0.29, 0.717) is 10.2 Å². The third-order valence-electron chi connectivity index (χ3n) is 4.53. The van der Waals surface area contributed by atoms with Gasteiger partial charge >= 0.3 is 5.97 Å². The molecule has 2 aliphatic rings. The monoisotopic (exact) mass is 379 g/mol. The molecule has 1 heterocycles. The zero-order valence-corrected chi connectivity index (χ0v) is 14.3. The van der Waals surface area contributed by atoms with Crippen molar-refractivity contribution < 1.29 is 19.1 Å². The summed E-state index contributed by atoms with van der Waals surface area (Å²) in [4.78, 5) is 37.9. The highest BCUT2D eigenvalue weighted by Gasteiger charge is 2.47. The van der Waals surface area contributed by atoms with Crippen LogP contribution in [0.5, 0.6) is 5.75 Å². The second-order valence-corrected chi connectivity index (χ2v) is 6.83. The van der Waals surface area contributed by atoms with Crippen LogP contribution >= 0.6 is 15.9 Å². The number of fused-ring (bicyclic) bond motifs is 1. The first-order valence-electron chi connectivity index (χ1n) is 7.88. The van der Waals surface area contributed by atoms with Gasteiger partial charge in [0.2, 0.25) is 11.8 Å². The Morgan fingerprint density at radius 3 is 2.35 bits per heavy atom. The number of esters is 1. The van der Waals surface area contributed by atoms with Crippen molar-refractivity contribution in [2.75, 3.05) is 6.54 Å². The van der Waals surface area contributed by atoms with Crippen LogP contribution < -0.4 is 4.74 Å². The fourth-order valence-corrected chi connectivity index (χ4v) is 3.72. The maximum absolute atomic E-state index is 12.3. The number of likely N-dealkylation sites (tertiary alicyclic amines) is 1. The summed E-state index contributed by atoms with van der Waals surface area (Å²) in [6, 6.07) is 7.06. The lowest BCUT2D eigenvalue weighted by Crippen LogP contribution is -2.33. The molecule has 1 saturated carbocycles. The van der Waals surface area contributed by atoms with Gasteiger partial charge in [0.05, 0.1) is 22.7 Å². The lowest BCUT2D eigenvalue weighted by Gasteiger charge is -2.19. The molecule has 23 heavy (non-hydrogen) atoms. The van der Waals surface area contributed by atoms with Crippen LogP contribution in [0, 0.1) is 11.8 Å². The van der Waals surface area contributed by atoms with E-state index in [1.807, 2.05) is 6.07 Å². The van der Waals surface area contributed by atoms with Gasteiger partial charge < -0.3 is 4.74 Å². The van der Waals surface area contributed by atoms with Crippen LogP contribution in [-0.2, 0) is 14.4 Å². The predicted octanol–water partition coefficient (Wildman–Crippen LogP) is 2.92. The molecule has 2 fully saturated rings. The molecule has 2 atom stereocenters. The molecule has 0 unspecified atom stereocenters. The number of ether oxygens (including phenoxy) is 1. The summed E-state index contributed by atoms with van der Waals surface area (Å²) < 4.78 is 5.95. The van der Waals surface area contributed by atoms with Crippen molar-refractivity contribution in [3.05, 3.63) is 28.7 Å². The maximum atomic E-state index is 12.3. The SMILES string of the molecule is O=C(CCN1C(=O)[C@H]2CCCC[C@H]2C1=O)Oc1ccccc1Br. The van der Waals surface area contributed by atoms with E-state index in [4.69, 9.17) is 4.74 Å². The van der Waals surface area contributed by atoms with Crippen molar-refractivity contribution in [1.82, 2.24) is 4.90 Å². The molecule has 3 rings (SSSR count). The van der Waals surface area contributed by atoms with Gasteiger partial charge in [0.25, 0.3) is 0 Å². The van der Waals surface area contributed by atoms with E-state index >= 15 is 0 Å². The van der Waals surface area contributed by atoms with E-state index in [9.17, 15) is 14.4 Å². The number of carbonyl (C=O) groups is 3. The van der Waals surface area contributed by atoms with Crippen LogP contribution in [0.15, 0.2) is 28.7 Å². The fraction of sp³-hybridized carbons (Fsp3) is 0.471. The molecule has 0 bridgehead atoms. The molecular formula is C17H18BrNO4. The van der Waals surface area contributed by atoms with E-state index in [1.54, 1.807) is 18.2 Å². The third-order valence-corrected chi connectivity index (χ3v) is 5.19. The zero-order valence-electron chi connectivity index (χ0n) is 12.7. The first-order valence-corrected chi connectivity index (χ1v) is 8.67. The number of hydrogen-bond acceptors (Lipinski definition) is 4. The van der Waals surface area contributed by atoms with Crippen LogP contribution in [0.3, 0.4) is 0 Å². The summed E-state index contributed by atoms with van der Waals surface area (Å²) in [5, 5.41) is 0. The summed E-state index contributed by atoms with van der Waals surface area (Å²) in [6.45, 7) is 0.105. The summed E-state index contributed by atoms with van der Waals surface area (Å²) >= 11 is 3.31. The van der Waals surface area contributed by atoms with Crippen LogP contribution in [0.2, 0.25) is 0 Å². The molecule has 1 aliphatic heterocycles. The van der Waals surface area contributed by atoms with Gasteiger partial charge in [-0.2, -0.15) is 0 Å². The molecule has 1 saturated heterocycles. The zero-order chi connectivity index (χ0) is 16.4. The summed E-state index contributed by atoms with van der Waals surface area (Å²) in [5.74, 6) is -0.592. The lowest BCUT2D eigenvalue weighted by atomic mass is 9.81. The molecule has 0 spiro atoms. The number of halogens is 1. The average Bonchev–Trinajstić information content (AvgIpc) is 2.80. The standard InChI is InChI=1S/C17H18BrNO4/c18-13-7-3-4-8-14(13)23-15(20)9-10-19-16(21)11-5-1-2-6-12(11)17(19)22/h3-4,7-8,11-12H,1-2,5-6,9-10H2/t11-,12+.